The van der Waals surface area contributed by atoms with Crippen molar-refractivity contribution in [1.29, 1.82) is 0 Å². The number of nitrogens with zero attached hydrogens (tertiary/aromatic N) is 2. The van der Waals surface area contributed by atoms with Gasteiger partial charge in [-0.05, 0) is 31.7 Å². The molecule has 1 aromatic rings. The Morgan fingerprint density at radius 2 is 1.79 bits per heavy atom. The number of piperazine rings is 1. The molecule has 4 heteroatoms. The van der Waals surface area contributed by atoms with E-state index < -0.39 is 0 Å². The van der Waals surface area contributed by atoms with Crippen LogP contribution in [0.3, 0.4) is 0 Å². The van der Waals surface area contributed by atoms with Gasteiger partial charge in [-0.3, -0.25) is 4.90 Å². The Balaban J connectivity index is 1.70. The fourth-order valence-electron chi connectivity index (χ4n) is 2.23. The van der Waals surface area contributed by atoms with Gasteiger partial charge in [0, 0.05) is 49.4 Å². The summed E-state index contributed by atoms with van der Waals surface area (Å²) in [5.74, 6) is 1.17. The third-order valence-corrected chi connectivity index (χ3v) is 4.67. The van der Waals surface area contributed by atoms with Crippen LogP contribution >= 0.6 is 11.8 Å². The second kappa shape index (κ2) is 7.29. The summed E-state index contributed by atoms with van der Waals surface area (Å²) in [7, 11) is 2.20. The zero-order valence-corrected chi connectivity index (χ0v) is 12.8. The first-order valence-electron chi connectivity index (χ1n) is 7.04. The quantitative estimate of drug-likeness (QED) is 0.836. The molecule has 0 saturated carbocycles. The maximum Gasteiger partial charge on any atom is 0.0266 e. The summed E-state index contributed by atoms with van der Waals surface area (Å²) in [6.45, 7) is 8.03. The van der Waals surface area contributed by atoms with E-state index in [1.807, 2.05) is 18.7 Å². The van der Waals surface area contributed by atoms with Crippen molar-refractivity contribution >= 4 is 11.8 Å². The van der Waals surface area contributed by atoms with Gasteiger partial charge in [-0.15, -0.1) is 11.8 Å². The van der Waals surface area contributed by atoms with Gasteiger partial charge < -0.3 is 10.6 Å². The van der Waals surface area contributed by atoms with Crippen molar-refractivity contribution in [2.45, 2.75) is 17.9 Å². The van der Waals surface area contributed by atoms with E-state index in [9.17, 15) is 0 Å². The van der Waals surface area contributed by atoms with Crippen LogP contribution in [0.25, 0.3) is 0 Å². The average Bonchev–Trinajstić information content (AvgIpc) is 2.41. The van der Waals surface area contributed by atoms with Crippen LogP contribution < -0.4 is 5.73 Å². The minimum atomic E-state index is 0.129. The van der Waals surface area contributed by atoms with Gasteiger partial charge in [0.05, 0.1) is 0 Å². The van der Waals surface area contributed by atoms with E-state index in [-0.39, 0.29) is 6.04 Å². The molecule has 1 atom stereocenters. The summed E-state index contributed by atoms with van der Waals surface area (Å²) in [5, 5.41) is 0. The first-order valence-corrected chi connectivity index (χ1v) is 8.03. The summed E-state index contributed by atoms with van der Waals surface area (Å²) < 4.78 is 0. The van der Waals surface area contributed by atoms with Crippen LogP contribution in [0.5, 0.6) is 0 Å². The lowest BCUT2D eigenvalue weighted by atomic mass is 10.1. The molecule has 0 bridgehead atoms. The number of nitrogens with two attached hydrogens (primary N) is 1. The summed E-state index contributed by atoms with van der Waals surface area (Å²) >= 11 is 1.94. The Morgan fingerprint density at radius 1 is 1.16 bits per heavy atom. The van der Waals surface area contributed by atoms with E-state index in [1.54, 1.807) is 0 Å². The van der Waals surface area contributed by atoms with Crippen molar-refractivity contribution in [2.24, 2.45) is 5.73 Å². The molecule has 0 spiro atoms. The molecule has 1 saturated heterocycles. The molecule has 0 radical (unpaired) electrons. The van der Waals surface area contributed by atoms with Crippen LogP contribution in [-0.4, -0.2) is 55.3 Å². The normalized spacial score (nSPS) is 19.5. The minimum absolute atomic E-state index is 0.129. The van der Waals surface area contributed by atoms with Crippen molar-refractivity contribution in [2.75, 3.05) is 45.5 Å². The third kappa shape index (κ3) is 4.80. The second-order valence-corrected chi connectivity index (χ2v) is 6.52. The first kappa shape index (κ1) is 14.9. The zero-order valence-electron chi connectivity index (χ0n) is 12.0. The van der Waals surface area contributed by atoms with E-state index in [0.717, 1.165) is 0 Å². The van der Waals surface area contributed by atoms with E-state index in [4.69, 9.17) is 5.73 Å². The van der Waals surface area contributed by atoms with Crippen LogP contribution in [-0.2, 0) is 0 Å². The molecule has 0 aromatic heterocycles. The highest BCUT2D eigenvalue weighted by Gasteiger charge is 2.12. The van der Waals surface area contributed by atoms with Crippen molar-refractivity contribution in [3.05, 3.63) is 29.8 Å². The fourth-order valence-corrected chi connectivity index (χ4v) is 3.15. The zero-order chi connectivity index (χ0) is 13.7. The summed E-state index contributed by atoms with van der Waals surface area (Å²) in [5.41, 5.74) is 7.07. The molecule has 3 nitrogen and oxygen atoms in total. The smallest absolute Gasteiger partial charge is 0.0266 e. The van der Waals surface area contributed by atoms with E-state index in [2.05, 4.69) is 41.1 Å². The number of rotatable bonds is 5. The Hall–Kier alpha value is -0.550. The van der Waals surface area contributed by atoms with E-state index in [1.165, 1.54) is 48.9 Å². The number of thioether (sulfide) groups is 1. The lowest BCUT2D eigenvalue weighted by Crippen LogP contribution is -2.45. The number of likely N-dealkylation sites (N-methyl/N-ethyl adjacent to an activating group) is 1. The molecule has 19 heavy (non-hydrogen) atoms. The predicted molar refractivity (Wildman–Crippen MR) is 83.7 cm³/mol. The molecule has 0 aliphatic carbocycles. The molecule has 0 amide bonds. The molecule has 1 aliphatic rings. The van der Waals surface area contributed by atoms with Crippen molar-refractivity contribution < 1.29 is 0 Å². The van der Waals surface area contributed by atoms with Crippen LogP contribution in [0, 0.1) is 0 Å². The Bertz CT molecular complexity index is 369. The topological polar surface area (TPSA) is 32.5 Å². The molecular formula is C15H25N3S. The van der Waals surface area contributed by atoms with Gasteiger partial charge in [-0.25, -0.2) is 0 Å². The summed E-state index contributed by atoms with van der Waals surface area (Å²) in [6.07, 6.45) is 0. The summed E-state index contributed by atoms with van der Waals surface area (Å²) in [4.78, 5) is 6.30. The molecule has 106 valence electrons. The predicted octanol–water partition coefficient (Wildman–Crippen LogP) is 2.05. The number of hydrogen-bond donors (Lipinski definition) is 1. The highest BCUT2D eigenvalue weighted by molar-refractivity contribution is 7.99. The number of benzene rings is 1. The van der Waals surface area contributed by atoms with Crippen LogP contribution in [0.2, 0.25) is 0 Å². The van der Waals surface area contributed by atoms with Gasteiger partial charge in [0.2, 0.25) is 0 Å². The maximum absolute atomic E-state index is 5.86. The van der Waals surface area contributed by atoms with E-state index in [0.29, 0.717) is 0 Å². The lowest BCUT2D eigenvalue weighted by molar-refractivity contribution is 0.161. The van der Waals surface area contributed by atoms with Gasteiger partial charge in [0.25, 0.3) is 0 Å². The van der Waals surface area contributed by atoms with Gasteiger partial charge in [-0.1, -0.05) is 12.1 Å². The Morgan fingerprint density at radius 3 is 2.37 bits per heavy atom. The molecule has 1 fully saturated rings. The molecular weight excluding hydrogens is 254 g/mol. The Labute approximate surface area is 121 Å². The highest BCUT2D eigenvalue weighted by Crippen LogP contribution is 2.20. The lowest BCUT2D eigenvalue weighted by Gasteiger charge is -2.32. The Kier molecular flexibility index (Phi) is 5.70. The molecule has 1 unspecified atom stereocenters. The second-order valence-electron chi connectivity index (χ2n) is 5.35. The molecule has 1 aliphatic heterocycles. The molecule has 2 N–H and O–H groups in total. The summed E-state index contributed by atoms with van der Waals surface area (Å²) in [6, 6.07) is 8.79. The average molecular weight is 279 g/mol. The first-order chi connectivity index (χ1) is 9.15. The highest BCUT2D eigenvalue weighted by atomic mass is 32.2. The third-order valence-electron chi connectivity index (χ3n) is 3.68. The van der Waals surface area contributed by atoms with Gasteiger partial charge in [0.15, 0.2) is 0 Å². The van der Waals surface area contributed by atoms with Crippen LogP contribution in [0.1, 0.15) is 18.5 Å². The molecule has 1 aromatic carbocycles. The van der Waals surface area contributed by atoms with Crippen LogP contribution in [0.15, 0.2) is 29.2 Å². The van der Waals surface area contributed by atoms with Crippen molar-refractivity contribution in [3.63, 3.8) is 0 Å². The number of hydrogen-bond acceptors (Lipinski definition) is 4. The molecule has 2 rings (SSSR count). The van der Waals surface area contributed by atoms with Crippen molar-refractivity contribution in [3.8, 4) is 0 Å². The van der Waals surface area contributed by atoms with Crippen molar-refractivity contribution in [1.82, 2.24) is 9.80 Å². The maximum atomic E-state index is 5.86. The van der Waals surface area contributed by atoms with Gasteiger partial charge in [-0.2, -0.15) is 0 Å². The van der Waals surface area contributed by atoms with Crippen LogP contribution in [0.4, 0.5) is 0 Å². The van der Waals surface area contributed by atoms with Gasteiger partial charge in [0.1, 0.15) is 0 Å². The van der Waals surface area contributed by atoms with E-state index >= 15 is 0 Å². The monoisotopic (exact) mass is 279 g/mol. The minimum Gasteiger partial charge on any atom is -0.324 e. The fraction of sp³-hybridized carbons (Fsp3) is 0.600. The molecule has 1 heterocycles. The SMILES string of the molecule is CC(N)c1ccc(SCCN2CCN(C)CC2)cc1. The largest absolute Gasteiger partial charge is 0.324 e. The standard InChI is InChI=1S/C15H25N3S/c1-13(16)14-3-5-15(6-4-14)19-12-11-18-9-7-17(2)8-10-18/h3-6,13H,7-12,16H2,1-2H3. The van der Waals surface area contributed by atoms with Gasteiger partial charge >= 0.3 is 0 Å².